The predicted octanol–water partition coefficient (Wildman–Crippen LogP) is 3.88. The number of nitrogens with one attached hydrogen (secondary N) is 1. The van der Waals surface area contributed by atoms with E-state index in [9.17, 15) is 13.2 Å². The summed E-state index contributed by atoms with van der Waals surface area (Å²) in [7, 11) is -3.52. The number of carbonyl (C=O) groups excluding carboxylic acids is 1. The van der Waals surface area contributed by atoms with Crippen LogP contribution in [0.25, 0.3) is 0 Å². The Hall–Kier alpha value is -2.38. The first-order valence-corrected chi connectivity index (χ1v) is 14.2. The second-order valence-corrected chi connectivity index (χ2v) is 11.8. The Balaban J connectivity index is 1.17. The molecule has 182 valence electrons. The van der Waals surface area contributed by atoms with Gasteiger partial charge in [0.05, 0.1) is 4.90 Å². The molecule has 34 heavy (non-hydrogen) atoms. The number of fused-ring (bicyclic) bond motifs is 1. The van der Waals surface area contributed by atoms with Gasteiger partial charge in [0.1, 0.15) is 0 Å². The molecular formula is C27H35N3O3S. The largest absolute Gasteiger partial charge is 0.371 e. The van der Waals surface area contributed by atoms with Gasteiger partial charge in [-0.2, -0.15) is 4.31 Å². The van der Waals surface area contributed by atoms with E-state index in [-0.39, 0.29) is 11.8 Å². The average molecular weight is 482 g/mol. The molecule has 0 saturated carbocycles. The second-order valence-electron chi connectivity index (χ2n) is 9.86. The number of hydrogen-bond donors (Lipinski definition) is 1. The molecule has 2 saturated heterocycles. The molecule has 1 aliphatic carbocycles. The smallest absolute Gasteiger partial charge is 0.243 e. The van der Waals surface area contributed by atoms with Crippen molar-refractivity contribution in [2.75, 3.05) is 31.1 Å². The number of aryl methyl sites for hydroxylation is 2. The van der Waals surface area contributed by atoms with Crippen molar-refractivity contribution in [3.05, 3.63) is 59.2 Å². The van der Waals surface area contributed by atoms with Crippen molar-refractivity contribution in [1.29, 1.82) is 0 Å². The molecule has 6 nitrogen and oxygen atoms in total. The van der Waals surface area contributed by atoms with Crippen LogP contribution in [0, 0.1) is 5.92 Å². The minimum Gasteiger partial charge on any atom is -0.371 e. The van der Waals surface area contributed by atoms with Gasteiger partial charge >= 0.3 is 0 Å². The number of amides is 1. The first-order valence-electron chi connectivity index (χ1n) is 12.7. The second kappa shape index (κ2) is 10.1. The van der Waals surface area contributed by atoms with E-state index in [4.69, 9.17) is 0 Å². The summed E-state index contributed by atoms with van der Waals surface area (Å²) in [4.78, 5) is 15.7. The zero-order chi connectivity index (χ0) is 23.5. The van der Waals surface area contributed by atoms with Gasteiger partial charge in [0.15, 0.2) is 0 Å². The molecular weight excluding hydrogens is 446 g/mol. The summed E-state index contributed by atoms with van der Waals surface area (Å²) in [6.45, 7) is 3.44. The highest BCUT2D eigenvalue weighted by Crippen LogP contribution is 2.29. The zero-order valence-electron chi connectivity index (χ0n) is 19.8. The standard InChI is InChI=1S/C27H35N3O3S/c31-27(28-20-24-9-3-4-10-26(24)29-15-5-6-16-29)22-13-17-30(18-14-22)34(32,33)25-12-11-21-7-1-2-8-23(21)19-25/h3-4,9-12,19,22H,1-2,5-8,13-18,20H2,(H,28,31). The topological polar surface area (TPSA) is 69.7 Å². The van der Waals surface area contributed by atoms with E-state index in [1.165, 1.54) is 36.1 Å². The third kappa shape index (κ3) is 4.86. The Morgan fingerprint density at radius 2 is 1.59 bits per heavy atom. The van der Waals surface area contributed by atoms with Crippen LogP contribution in [0.4, 0.5) is 5.69 Å². The molecule has 2 aliphatic heterocycles. The van der Waals surface area contributed by atoms with E-state index < -0.39 is 10.0 Å². The molecule has 2 aromatic rings. The summed E-state index contributed by atoms with van der Waals surface area (Å²) in [5.74, 6) is -0.115. The number of para-hydroxylation sites is 1. The van der Waals surface area contributed by atoms with Crippen LogP contribution in [0.5, 0.6) is 0 Å². The molecule has 0 unspecified atom stereocenters. The molecule has 0 radical (unpaired) electrons. The fraction of sp³-hybridized carbons (Fsp3) is 0.519. The number of benzene rings is 2. The van der Waals surface area contributed by atoms with E-state index in [0.717, 1.165) is 37.9 Å². The Morgan fingerprint density at radius 3 is 2.35 bits per heavy atom. The maximum Gasteiger partial charge on any atom is 0.243 e. The molecule has 0 atom stereocenters. The van der Waals surface area contributed by atoms with Crippen LogP contribution in [0.1, 0.15) is 55.2 Å². The number of piperidine rings is 1. The first-order chi connectivity index (χ1) is 16.5. The summed E-state index contributed by atoms with van der Waals surface area (Å²) in [5, 5.41) is 3.12. The molecule has 2 aromatic carbocycles. The van der Waals surface area contributed by atoms with Crippen LogP contribution < -0.4 is 10.2 Å². The van der Waals surface area contributed by atoms with Crippen LogP contribution in [0.3, 0.4) is 0 Å². The molecule has 0 bridgehead atoms. The van der Waals surface area contributed by atoms with E-state index in [2.05, 4.69) is 28.4 Å². The monoisotopic (exact) mass is 481 g/mol. The van der Waals surface area contributed by atoms with Gasteiger partial charge < -0.3 is 10.2 Å². The van der Waals surface area contributed by atoms with E-state index in [1.54, 1.807) is 10.4 Å². The molecule has 2 fully saturated rings. The van der Waals surface area contributed by atoms with Gasteiger partial charge in [-0.05, 0) is 86.3 Å². The molecule has 7 heteroatoms. The number of anilines is 1. The van der Waals surface area contributed by atoms with Gasteiger partial charge in [-0.3, -0.25) is 4.79 Å². The molecule has 5 rings (SSSR count). The van der Waals surface area contributed by atoms with Crippen molar-refractivity contribution in [3.63, 3.8) is 0 Å². The SMILES string of the molecule is O=C(NCc1ccccc1N1CCCC1)C1CCN(S(=O)(=O)c2ccc3c(c2)CCCC3)CC1. The Labute approximate surface area is 203 Å². The molecule has 1 N–H and O–H groups in total. The highest BCUT2D eigenvalue weighted by molar-refractivity contribution is 7.89. The van der Waals surface area contributed by atoms with Crippen LogP contribution in [0.15, 0.2) is 47.4 Å². The van der Waals surface area contributed by atoms with Gasteiger partial charge in [0, 0.05) is 44.3 Å². The summed E-state index contributed by atoms with van der Waals surface area (Å²) >= 11 is 0. The van der Waals surface area contributed by atoms with Crippen LogP contribution in [0.2, 0.25) is 0 Å². The average Bonchev–Trinajstić information content (AvgIpc) is 3.42. The van der Waals surface area contributed by atoms with E-state index in [0.29, 0.717) is 37.4 Å². The maximum atomic E-state index is 13.2. The van der Waals surface area contributed by atoms with Crippen LogP contribution in [-0.2, 0) is 34.2 Å². The molecule has 3 aliphatic rings. The quantitative estimate of drug-likeness (QED) is 0.680. The Bertz CT molecular complexity index is 1130. The van der Waals surface area contributed by atoms with Crippen molar-refractivity contribution < 1.29 is 13.2 Å². The molecule has 2 heterocycles. The lowest BCUT2D eigenvalue weighted by Gasteiger charge is -2.31. The number of nitrogens with zero attached hydrogens (tertiary/aromatic N) is 2. The third-order valence-electron chi connectivity index (χ3n) is 7.67. The van der Waals surface area contributed by atoms with E-state index >= 15 is 0 Å². The van der Waals surface area contributed by atoms with Gasteiger partial charge in [-0.1, -0.05) is 24.3 Å². The van der Waals surface area contributed by atoms with E-state index in [1.807, 2.05) is 18.2 Å². The number of rotatable bonds is 6. The molecule has 1 amide bonds. The maximum absolute atomic E-state index is 13.2. The van der Waals surface area contributed by atoms with Crippen molar-refractivity contribution in [2.45, 2.75) is 62.8 Å². The van der Waals surface area contributed by atoms with Crippen molar-refractivity contribution in [2.24, 2.45) is 5.92 Å². The van der Waals surface area contributed by atoms with Gasteiger partial charge in [0.2, 0.25) is 15.9 Å². The minimum atomic E-state index is -3.52. The normalized spacial score (nSPS) is 19.7. The van der Waals surface area contributed by atoms with Gasteiger partial charge in [-0.15, -0.1) is 0 Å². The summed E-state index contributed by atoms with van der Waals surface area (Å²) in [6.07, 6.45) is 7.85. The lowest BCUT2D eigenvalue weighted by molar-refractivity contribution is -0.126. The van der Waals surface area contributed by atoms with Crippen LogP contribution in [-0.4, -0.2) is 44.8 Å². The fourth-order valence-electron chi connectivity index (χ4n) is 5.63. The third-order valence-corrected chi connectivity index (χ3v) is 9.57. The fourth-order valence-corrected chi connectivity index (χ4v) is 7.15. The minimum absolute atomic E-state index is 0.0297. The van der Waals surface area contributed by atoms with Gasteiger partial charge in [-0.25, -0.2) is 8.42 Å². The van der Waals surface area contributed by atoms with Crippen molar-refractivity contribution in [3.8, 4) is 0 Å². The first kappa shape index (κ1) is 23.4. The Morgan fingerprint density at radius 1 is 0.882 bits per heavy atom. The number of carbonyl (C=O) groups is 1. The zero-order valence-corrected chi connectivity index (χ0v) is 20.7. The lowest BCUT2D eigenvalue weighted by atomic mass is 9.92. The Kier molecular flexibility index (Phi) is 6.93. The molecule has 0 spiro atoms. The number of sulfonamides is 1. The van der Waals surface area contributed by atoms with Crippen LogP contribution >= 0.6 is 0 Å². The van der Waals surface area contributed by atoms with Gasteiger partial charge in [0.25, 0.3) is 0 Å². The highest BCUT2D eigenvalue weighted by Gasteiger charge is 2.32. The summed E-state index contributed by atoms with van der Waals surface area (Å²) < 4.78 is 28.0. The van der Waals surface area contributed by atoms with Crippen molar-refractivity contribution in [1.82, 2.24) is 9.62 Å². The molecule has 0 aromatic heterocycles. The lowest BCUT2D eigenvalue weighted by Crippen LogP contribution is -2.43. The highest BCUT2D eigenvalue weighted by atomic mass is 32.2. The predicted molar refractivity (Wildman–Crippen MR) is 134 cm³/mol. The van der Waals surface area contributed by atoms with Crippen molar-refractivity contribution >= 4 is 21.6 Å². The summed E-state index contributed by atoms with van der Waals surface area (Å²) in [5.41, 5.74) is 4.82. The summed E-state index contributed by atoms with van der Waals surface area (Å²) in [6, 6.07) is 13.9. The number of hydrogen-bond acceptors (Lipinski definition) is 4.